The van der Waals surface area contributed by atoms with Crippen LogP contribution in [0.2, 0.25) is 0 Å². The van der Waals surface area contributed by atoms with E-state index >= 15 is 0 Å². The Balaban J connectivity index is 1.73. The summed E-state index contributed by atoms with van der Waals surface area (Å²) in [5, 5.41) is 7.47. The second-order valence-electron chi connectivity index (χ2n) is 4.97. The van der Waals surface area contributed by atoms with Crippen molar-refractivity contribution in [2.24, 2.45) is 0 Å². The topological polar surface area (TPSA) is 42.0 Å². The van der Waals surface area contributed by atoms with Crippen LogP contribution >= 0.6 is 34.0 Å². The molecule has 0 aliphatic heterocycles. The van der Waals surface area contributed by atoms with E-state index in [1.807, 2.05) is 47.2 Å². The third-order valence-electron chi connectivity index (χ3n) is 3.38. The third-order valence-corrected chi connectivity index (χ3v) is 6.15. The van der Waals surface area contributed by atoms with E-state index in [0.29, 0.717) is 10.0 Å². The van der Waals surface area contributed by atoms with Crippen LogP contribution in [0.5, 0.6) is 0 Å². The lowest BCUT2D eigenvalue weighted by Gasteiger charge is -1.99. The molecule has 1 amide bonds. The number of nitrogens with one attached hydrogen (secondary N) is 1. The van der Waals surface area contributed by atoms with Gasteiger partial charge in [0, 0.05) is 0 Å². The fourth-order valence-corrected chi connectivity index (χ4v) is 4.69. The van der Waals surface area contributed by atoms with Crippen molar-refractivity contribution in [3.05, 3.63) is 70.2 Å². The Hall–Kier alpha value is -2.28. The van der Waals surface area contributed by atoms with Gasteiger partial charge in [0.2, 0.25) is 0 Å². The van der Waals surface area contributed by atoms with Crippen LogP contribution in [0.3, 0.4) is 0 Å². The number of benzene rings is 1. The Kier molecular flexibility index (Phi) is 4.25. The zero-order valence-electron chi connectivity index (χ0n) is 12.4. The molecule has 4 aromatic rings. The molecule has 1 aromatic carbocycles. The van der Waals surface area contributed by atoms with E-state index in [9.17, 15) is 4.79 Å². The second kappa shape index (κ2) is 6.68. The number of carbonyl (C=O) groups excluding carboxylic acids is 1. The van der Waals surface area contributed by atoms with E-state index in [1.54, 1.807) is 11.3 Å². The molecule has 6 heteroatoms. The molecule has 0 aliphatic rings. The van der Waals surface area contributed by atoms with Crippen LogP contribution in [0, 0.1) is 0 Å². The fourth-order valence-electron chi connectivity index (χ4n) is 2.31. The van der Waals surface area contributed by atoms with E-state index < -0.39 is 0 Å². The van der Waals surface area contributed by atoms with E-state index in [0.717, 1.165) is 21.0 Å². The molecule has 0 bridgehead atoms. The van der Waals surface area contributed by atoms with Gasteiger partial charge in [0.15, 0.2) is 5.13 Å². The quantitative estimate of drug-likeness (QED) is 0.491. The summed E-state index contributed by atoms with van der Waals surface area (Å²) in [6.07, 6.45) is 0. The maximum absolute atomic E-state index is 12.3. The van der Waals surface area contributed by atoms with Gasteiger partial charge in [0.25, 0.3) is 5.91 Å². The third kappa shape index (κ3) is 3.03. The van der Waals surface area contributed by atoms with Crippen LogP contribution in [0.15, 0.2) is 65.4 Å². The van der Waals surface area contributed by atoms with E-state index in [1.165, 1.54) is 22.7 Å². The molecule has 4 rings (SSSR count). The molecule has 0 saturated carbocycles. The summed E-state index contributed by atoms with van der Waals surface area (Å²) in [5.41, 5.74) is 2.03. The van der Waals surface area contributed by atoms with Crippen molar-refractivity contribution in [3.8, 4) is 21.0 Å². The number of hydrogen-bond acceptors (Lipinski definition) is 5. The Morgan fingerprint density at radius 2 is 1.71 bits per heavy atom. The molecule has 0 atom stereocenters. The molecule has 118 valence electrons. The van der Waals surface area contributed by atoms with Gasteiger partial charge in [-0.15, -0.1) is 22.7 Å². The normalized spacial score (nSPS) is 10.7. The monoisotopic (exact) mass is 368 g/mol. The van der Waals surface area contributed by atoms with Crippen molar-refractivity contribution in [1.82, 2.24) is 4.98 Å². The van der Waals surface area contributed by atoms with Gasteiger partial charge in [0.1, 0.15) is 5.69 Å². The number of carbonyl (C=O) groups is 1. The first-order chi connectivity index (χ1) is 11.8. The van der Waals surface area contributed by atoms with E-state index in [-0.39, 0.29) is 5.91 Å². The van der Waals surface area contributed by atoms with Gasteiger partial charge in [-0.2, -0.15) is 0 Å². The summed E-state index contributed by atoms with van der Waals surface area (Å²) in [5.74, 6) is -0.115. The van der Waals surface area contributed by atoms with E-state index in [4.69, 9.17) is 0 Å². The predicted molar refractivity (Wildman–Crippen MR) is 103 cm³/mol. The van der Waals surface area contributed by atoms with Gasteiger partial charge in [0.05, 0.1) is 14.6 Å². The SMILES string of the molecule is O=C(Nc1nc(-c2cccs2)c(-c2ccccc2)s1)c1cccs1. The second-order valence-corrected chi connectivity index (χ2v) is 7.87. The lowest BCUT2D eigenvalue weighted by molar-refractivity contribution is 0.103. The average Bonchev–Trinajstić information content (AvgIpc) is 3.36. The van der Waals surface area contributed by atoms with Crippen molar-refractivity contribution >= 4 is 45.0 Å². The minimum absolute atomic E-state index is 0.115. The fraction of sp³-hybridized carbons (Fsp3) is 0. The van der Waals surface area contributed by atoms with Crippen molar-refractivity contribution in [2.45, 2.75) is 0 Å². The van der Waals surface area contributed by atoms with Gasteiger partial charge >= 0.3 is 0 Å². The highest BCUT2D eigenvalue weighted by atomic mass is 32.1. The van der Waals surface area contributed by atoms with Crippen LogP contribution in [-0.2, 0) is 0 Å². The van der Waals surface area contributed by atoms with Gasteiger partial charge in [-0.05, 0) is 28.5 Å². The number of thiazole rings is 1. The summed E-state index contributed by atoms with van der Waals surface area (Å²) in [6.45, 7) is 0. The van der Waals surface area contributed by atoms with Gasteiger partial charge < -0.3 is 0 Å². The molecule has 24 heavy (non-hydrogen) atoms. The number of hydrogen-bond donors (Lipinski definition) is 1. The molecular weight excluding hydrogens is 356 g/mol. The number of nitrogens with zero attached hydrogens (tertiary/aromatic N) is 1. The zero-order valence-corrected chi connectivity index (χ0v) is 14.9. The maximum Gasteiger partial charge on any atom is 0.267 e. The first-order valence-corrected chi connectivity index (χ1v) is 9.84. The van der Waals surface area contributed by atoms with Gasteiger partial charge in [-0.1, -0.05) is 53.8 Å². The molecule has 0 spiro atoms. The molecule has 3 nitrogen and oxygen atoms in total. The molecular formula is C18H12N2OS3. The molecule has 0 unspecified atom stereocenters. The average molecular weight is 369 g/mol. The zero-order chi connectivity index (χ0) is 16.4. The van der Waals surface area contributed by atoms with Crippen LogP contribution in [-0.4, -0.2) is 10.9 Å². The molecule has 0 aliphatic carbocycles. The number of anilines is 1. The highest BCUT2D eigenvalue weighted by molar-refractivity contribution is 7.20. The van der Waals surface area contributed by atoms with Crippen molar-refractivity contribution < 1.29 is 4.79 Å². The summed E-state index contributed by atoms with van der Waals surface area (Å²) in [6, 6.07) is 17.9. The van der Waals surface area contributed by atoms with Gasteiger partial charge in [-0.3, -0.25) is 10.1 Å². The Morgan fingerprint density at radius 1 is 0.917 bits per heavy atom. The summed E-state index contributed by atoms with van der Waals surface area (Å²) >= 11 is 4.58. The molecule has 3 aromatic heterocycles. The minimum atomic E-state index is -0.115. The Labute approximate surface area is 151 Å². The van der Waals surface area contributed by atoms with Gasteiger partial charge in [-0.25, -0.2) is 4.98 Å². The highest BCUT2D eigenvalue weighted by Gasteiger charge is 2.17. The first-order valence-electron chi connectivity index (χ1n) is 7.26. The molecule has 0 saturated heterocycles. The molecule has 1 N–H and O–H groups in total. The van der Waals surface area contributed by atoms with Crippen LogP contribution in [0.1, 0.15) is 9.67 Å². The molecule has 3 heterocycles. The predicted octanol–water partition coefficient (Wildman–Crippen LogP) is 5.85. The minimum Gasteiger partial charge on any atom is -0.297 e. The summed E-state index contributed by atoms with van der Waals surface area (Å²) < 4.78 is 0. The van der Waals surface area contributed by atoms with Crippen LogP contribution in [0.25, 0.3) is 21.0 Å². The van der Waals surface area contributed by atoms with E-state index in [2.05, 4.69) is 28.5 Å². The first kappa shape index (κ1) is 15.3. The van der Waals surface area contributed by atoms with Crippen molar-refractivity contribution in [1.29, 1.82) is 0 Å². The maximum atomic E-state index is 12.3. The van der Waals surface area contributed by atoms with Crippen LogP contribution < -0.4 is 5.32 Å². The number of amides is 1. The Morgan fingerprint density at radius 3 is 2.42 bits per heavy atom. The lowest BCUT2D eigenvalue weighted by atomic mass is 10.1. The standard InChI is InChI=1S/C18H12N2OS3/c21-17(14-9-5-11-23-14)20-18-19-15(13-8-4-10-22-13)16(24-18)12-6-2-1-3-7-12/h1-11H,(H,19,20,21). The number of thiophene rings is 2. The van der Waals surface area contributed by atoms with Crippen LogP contribution in [0.4, 0.5) is 5.13 Å². The molecule has 0 fully saturated rings. The molecule has 0 radical (unpaired) electrons. The van der Waals surface area contributed by atoms with Crippen molar-refractivity contribution in [2.75, 3.05) is 5.32 Å². The number of rotatable bonds is 4. The number of aromatic nitrogens is 1. The smallest absolute Gasteiger partial charge is 0.267 e. The summed E-state index contributed by atoms with van der Waals surface area (Å²) in [4.78, 5) is 19.8. The largest absolute Gasteiger partial charge is 0.297 e. The lowest BCUT2D eigenvalue weighted by Crippen LogP contribution is -2.09. The summed E-state index contributed by atoms with van der Waals surface area (Å²) in [7, 11) is 0. The van der Waals surface area contributed by atoms with Crippen molar-refractivity contribution in [3.63, 3.8) is 0 Å². The Bertz CT molecular complexity index is 942. The highest BCUT2D eigenvalue weighted by Crippen LogP contribution is 2.40.